The van der Waals surface area contributed by atoms with Crippen LogP contribution in [-0.4, -0.2) is 63.6 Å². The van der Waals surface area contributed by atoms with Crippen LogP contribution in [-0.2, 0) is 27.3 Å². The number of carbonyl (C=O) groups excluding carboxylic acids is 3. The van der Waals surface area contributed by atoms with Gasteiger partial charge in [0, 0.05) is 55.8 Å². The van der Waals surface area contributed by atoms with E-state index in [1.165, 1.54) is 6.42 Å². The molecular formula is C28H35N3O7. The maximum absolute atomic E-state index is 13.7. The molecule has 2 fully saturated rings. The quantitative estimate of drug-likeness (QED) is 0.314. The molecule has 38 heavy (non-hydrogen) atoms. The summed E-state index contributed by atoms with van der Waals surface area (Å²) in [4.78, 5) is 40.0. The lowest BCUT2D eigenvalue weighted by molar-refractivity contribution is -0.147. The van der Waals surface area contributed by atoms with Gasteiger partial charge >= 0.3 is 0 Å². The molecule has 4 aliphatic rings. The first-order valence-corrected chi connectivity index (χ1v) is 13.2. The van der Waals surface area contributed by atoms with Crippen molar-refractivity contribution in [2.45, 2.75) is 69.6 Å². The number of rotatable bonds is 5. The van der Waals surface area contributed by atoms with E-state index in [1.54, 1.807) is 0 Å². The zero-order chi connectivity index (χ0) is 27.5. The average molecular weight is 526 g/mol. The van der Waals surface area contributed by atoms with E-state index in [9.17, 15) is 34.8 Å². The maximum Gasteiger partial charge on any atom is 0.255 e. The smallest absolute Gasteiger partial charge is 0.255 e. The van der Waals surface area contributed by atoms with E-state index < -0.39 is 52.0 Å². The number of aliphatic hydroxyl groups is 3. The van der Waals surface area contributed by atoms with Crippen LogP contribution >= 0.6 is 0 Å². The first kappa shape index (κ1) is 26.2. The van der Waals surface area contributed by atoms with Crippen LogP contribution in [0.1, 0.15) is 61.6 Å². The highest BCUT2D eigenvalue weighted by Crippen LogP contribution is 2.53. The number of ketones is 2. The average Bonchev–Trinajstić information content (AvgIpc) is 2.86. The molecule has 1 aromatic carbocycles. The summed E-state index contributed by atoms with van der Waals surface area (Å²) in [5.41, 5.74) is 3.93. The second kappa shape index (κ2) is 9.43. The van der Waals surface area contributed by atoms with Crippen LogP contribution in [0.3, 0.4) is 0 Å². The fraction of sp³-hybridized carbons (Fsp3) is 0.536. The summed E-state index contributed by atoms with van der Waals surface area (Å²) in [6.07, 6.45) is 5.71. The van der Waals surface area contributed by atoms with Crippen LogP contribution in [0.25, 0.3) is 5.76 Å². The highest BCUT2D eigenvalue weighted by atomic mass is 16.3. The molecule has 5 rings (SSSR count). The van der Waals surface area contributed by atoms with Gasteiger partial charge in [0.2, 0.25) is 5.78 Å². The number of phenols is 1. The Balaban J connectivity index is 1.61. The number of hydrogen-bond acceptors (Lipinski definition) is 9. The summed E-state index contributed by atoms with van der Waals surface area (Å²) < 4.78 is 0. The molecule has 2 saturated carbocycles. The van der Waals surface area contributed by atoms with Crippen LogP contribution in [0.2, 0.25) is 0 Å². The molecule has 0 radical (unpaired) electrons. The van der Waals surface area contributed by atoms with Gasteiger partial charge < -0.3 is 36.4 Å². The van der Waals surface area contributed by atoms with Gasteiger partial charge in [0.05, 0.1) is 5.56 Å². The molecule has 204 valence electrons. The lowest BCUT2D eigenvalue weighted by atomic mass is 9.59. The number of primary amides is 1. The van der Waals surface area contributed by atoms with E-state index in [-0.39, 0.29) is 36.1 Å². The van der Waals surface area contributed by atoms with Crippen molar-refractivity contribution in [2.75, 3.05) is 19.0 Å². The van der Waals surface area contributed by atoms with Crippen molar-refractivity contribution in [2.24, 2.45) is 17.6 Å². The molecule has 0 heterocycles. The third kappa shape index (κ3) is 3.89. The van der Waals surface area contributed by atoms with Crippen LogP contribution in [0.5, 0.6) is 5.75 Å². The molecule has 1 aromatic rings. The summed E-state index contributed by atoms with van der Waals surface area (Å²) in [6, 6.07) is 2.23. The van der Waals surface area contributed by atoms with Crippen molar-refractivity contribution in [1.82, 2.24) is 5.32 Å². The molecule has 10 nitrogen and oxygen atoms in total. The second-order valence-corrected chi connectivity index (χ2v) is 11.3. The maximum atomic E-state index is 13.7. The molecule has 0 aromatic heterocycles. The van der Waals surface area contributed by atoms with Gasteiger partial charge in [-0.2, -0.15) is 0 Å². The number of nitrogens with one attached hydrogen (secondary N) is 1. The number of anilines is 1. The van der Waals surface area contributed by atoms with Crippen LogP contribution in [0.15, 0.2) is 23.0 Å². The van der Waals surface area contributed by atoms with Crippen molar-refractivity contribution in [1.29, 1.82) is 0 Å². The zero-order valence-corrected chi connectivity index (χ0v) is 21.7. The molecule has 0 saturated heterocycles. The Hall–Kier alpha value is -3.37. The Kier molecular flexibility index (Phi) is 6.51. The van der Waals surface area contributed by atoms with Crippen molar-refractivity contribution < 1.29 is 34.8 Å². The lowest BCUT2D eigenvalue weighted by Crippen LogP contribution is -2.58. The van der Waals surface area contributed by atoms with Crippen molar-refractivity contribution in [3.63, 3.8) is 0 Å². The molecule has 0 aliphatic heterocycles. The molecule has 0 bridgehead atoms. The standard InChI is InChI=1S/C28H35N3O7/c1-31(2)18-10-14(12-30-16-6-4-3-5-7-16)23(33)21-17(18)9-13-8-15-11-19(32)22(27(29)37)26(36)28(15,38)25(35)20(13)24(21)34/h10,13,15-16,30,33-34,36,38H,3-9,11-12H2,1-2H3,(H2,29,37)/t13-,15+,28+/m1/s1. The minimum atomic E-state index is -2.56. The largest absolute Gasteiger partial charge is 0.508 e. The highest BCUT2D eigenvalue weighted by molar-refractivity contribution is 6.22. The Morgan fingerprint density at radius 1 is 1.13 bits per heavy atom. The predicted molar refractivity (Wildman–Crippen MR) is 139 cm³/mol. The zero-order valence-electron chi connectivity index (χ0n) is 21.7. The van der Waals surface area contributed by atoms with Crippen LogP contribution in [0, 0.1) is 11.8 Å². The molecule has 3 atom stereocenters. The summed E-state index contributed by atoms with van der Waals surface area (Å²) in [6.45, 7) is 0.379. The third-order valence-corrected chi connectivity index (χ3v) is 8.79. The fourth-order valence-electron chi connectivity index (χ4n) is 6.82. The van der Waals surface area contributed by atoms with Crippen LogP contribution < -0.4 is 16.0 Å². The number of phenolic OH excluding ortho intramolecular Hbond substituents is 1. The van der Waals surface area contributed by atoms with E-state index in [1.807, 2.05) is 25.1 Å². The molecule has 10 heteroatoms. The molecule has 0 unspecified atom stereocenters. The summed E-state index contributed by atoms with van der Waals surface area (Å²) >= 11 is 0. The van der Waals surface area contributed by atoms with E-state index in [0.29, 0.717) is 23.7 Å². The van der Waals surface area contributed by atoms with Gasteiger partial charge in [-0.25, -0.2) is 0 Å². The Morgan fingerprint density at radius 3 is 2.45 bits per heavy atom. The molecule has 0 spiro atoms. The number of aliphatic hydroxyl groups excluding tert-OH is 2. The van der Waals surface area contributed by atoms with Crippen molar-refractivity contribution >= 4 is 28.9 Å². The molecule has 7 N–H and O–H groups in total. The monoisotopic (exact) mass is 525 g/mol. The summed E-state index contributed by atoms with van der Waals surface area (Å²) in [5.74, 6) is -6.15. The number of benzene rings is 1. The number of hydrogen-bond donors (Lipinski definition) is 6. The molecule has 1 amide bonds. The third-order valence-electron chi connectivity index (χ3n) is 8.79. The number of nitrogens with zero attached hydrogens (tertiary/aromatic N) is 1. The number of aromatic hydroxyl groups is 1. The summed E-state index contributed by atoms with van der Waals surface area (Å²) in [5, 5.41) is 48.4. The van der Waals surface area contributed by atoms with Gasteiger partial charge in [0.25, 0.3) is 5.91 Å². The minimum Gasteiger partial charge on any atom is -0.508 e. The van der Waals surface area contributed by atoms with Gasteiger partial charge in [-0.15, -0.1) is 0 Å². The SMILES string of the molecule is CN(C)c1cc(CNC2CCCCC2)c(O)c2c1C[C@H]1C[C@H]3CC(=O)C(C(N)=O)=C(O)[C@@]3(O)C(=O)C1=C2O. The molecular weight excluding hydrogens is 490 g/mol. The van der Waals surface area contributed by atoms with Gasteiger partial charge in [-0.3, -0.25) is 14.4 Å². The number of carbonyl (C=O) groups is 3. The second-order valence-electron chi connectivity index (χ2n) is 11.3. The Morgan fingerprint density at radius 2 is 1.82 bits per heavy atom. The Labute approximate surface area is 220 Å². The number of amides is 1. The van der Waals surface area contributed by atoms with Gasteiger partial charge in [-0.05, 0) is 43.2 Å². The van der Waals surface area contributed by atoms with E-state index in [2.05, 4.69) is 5.32 Å². The number of nitrogens with two attached hydrogens (primary N) is 1. The number of Topliss-reactive ketones (excluding diaryl/α,β-unsaturated/α-hetero) is 2. The number of fused-ring (bicyclic) bond motifs is 3. The van der Waals surface area contributed by atoms with Crippen LogP contribution in [0.4, 0.5) is 5.69 Å². The van der Waals surface area contributed by atoms with E-state index in [0.717, 1.165) is 31.4 Å². The van der Waals surface area contributed by atoms with Gasteiger partial charge in [0.15, 0.2) is 11.4 Å². The predicted octanol–water partition coefficient (Wildman–Crippen LogP) is 1.91. The first-order chi connectivity index (χ1) is 18.0. The summed E-state index contributed by atoms with van der Waals surface area (Å²) in [7, 11) is 3.72. The van der Waals surface area contributed by atoms with Crippen molar-refractivity contribution in [3.8, 4) is 5.75 Å². The Bertz CT molecular complexity index is 1290. The molecule has 4 aliphatic carbocycles. The topological polar surface area (TPSA) is 173 Å². The fourth-order valence-corrected chi connectivity index (χ4v) is 6.82. The first-order valence-electron chi connectivity index (χ1n) is 13.2. The normalized spacial score (nSPS) is 27.7. The van der Waals surface area contributed by atoms with Gasteiger partial charge in [-0.1, -0.05) is 19.3 Å². The minimum absolute atomic E-state index is 0.113. The van der Waals surface area contributed by atoms with Gasteiger partial charge in [0.1, 0.15) is 22.8 Å². The highest BCUT2D eigenvalue weighted by Gasteiger charge is 2.60. The van der Waals surface area contributed by atoms with E-state index in [4.69, 9.17) is 5.73 Å². The lowest BCUT2D eigenvalue weighted by Gasteiger charge is -2.46. The van der Waals surface area contributed by atoms with Crippen molar-refractivity contribution in [3.05, 3.63) is 39.7 Å². The van der Waals surface area contributed by atoms with E-state index >= 15 is 0 Å².